The van der Waals surface area contributed by atoms with Gasteiger partial charge in [0.15, 0.2) is 5.69 Å². The number of hydrogen-bond acceptors (Lipinski definition) is 5. The van der Waals surface area contributed by atoms with Crippen LogP contribution in [0.5, 0.6) is 0 Å². The minimum Gasteiger partial charge on any atom is -0.369 e. The summed E-state index contributed by atoms with van der Waals surface area (Å²) >= 11 is 0. The Hall–Kier alpha value is -1.67. The summed E-state index contributed by atoms with van der Waals surface area (Å²) in [5, 5.41) is 11.8. The summed E-state index contributed by atoms with van der Waals surface area (Å²) in [5.41, 5.74) is 0.343. The van der Waals surface area contributed by atoms with E-state index in [0.29, 0.717) is 11.7 Å². The zero-order chi connectivity index (χ0) is 12.7. The molecule has 0 aliphatic heterocycles. The number of nitriles is 1. The molecule has 1 aromatic rings. The molecule has 0 bridgehead atoms. The number of nitrogens with zero attached hydrogens (tertiary/aromatic N) is 4. The van der Waals surface area contributed by atoms with Gasteiger partial charge in [0.2, 0.25) is 0 Å². The molecule has 1 N–H and O–H groups in total. The smallest absolute Gasteiger partial charge is 0.158 e. The highest BCUT2D eigenvalue weighted by Gasteiger charge is 2.02. The zero-order valence-electron chi connectivity index (χ0n) is 10.6. The lowest BCUT2D eigenvalue weighted by Gasteiger charge is -2.20. The summed E-state index contributed by atoms with van der Waals surface area (Å²) in [5.74, 6) is 0.719. The summed E-state index contributed by atoms with van der Waals surface area (Å²) in [6.45, 7) is 6.27. The maximum atomic E-state index is 8.58. The fraction of sp³-hybridized carbons (Fsp3) is 0.583. The Morgan fingerprint density at radius 2 is 2.18 bits per heavy atom. The standard InChI is InChI=1S/C12H19N5/c1-10(2)17(3)6-4-5-14-12-9-15-11(7-13)8-16-12/h8-10H,4-6H2,1-3H3,(H,14,16). The maximum absolute atomic E-state index is 8.58. The summed E-state index contributed by atoms with van der Waals surface area (Å²) in [4.78, 5) is 10.3. The van der Waals surface area contributed by atoms with Gasteiger partial charge < -0.3 is 10.2 Å². The predicted molar refractivity (Wildman–Crippen MR) is 67.6 cm³/mol. The van der Waals surface area contributed by atoms with Gasteiger partial charge in [-0.15, -0.1) is 0 Å². The van der Waals surface area contributed by atoms with Gasteiger partial charge in [-0.3, -0.25) is 0 Å². The van der Waals surface area contributed by atoms with Crippen LogP contribution in [0, 0.1) is 11.3 Å². The van der Waals surface area contributed by atoms with E-state index in [-0.39, 0.29) is 0 Å². The van der Waals surface area contributed by atoms with Gasteiger partial charge in [0.05, 0.1) is 12.4 Å². The normalized spacial score (nSPS) is 10.6. The highest BCUT2D eigenvalue weighted by molar-refractivity contribution is 5.32. The number of hydrogen-bond donors (Lipinski definition) is 1. The molecule has 1 heterocycles. The van der Waals surface area contributed by atoms with E-state index < -0.39 is 0 Å². The molecule has 17 heavy (non-hydrogen) atoms. The summed E-state index contributed by atoms with van der Waals surface area (Å²) < 4.78 is 0. The molecular weight excluding hydrogens is 214 g/mol. The van der Waals surface area contributed by atoms with Gasteiger partial charge in [0.25, 0.3) is 0 Å². The van der Waals surface area contributed by atoms with Crippen LogP contribution < -0.4 is 5.32 Å². The van der Waals surface area contributed by atoms with Crippen LogP contribution in [0.1, 0.15) is 26.0 Å². The van der Waals surface area contributed by atoms with Crippen molar-refractivity contribution in [2.75, 3.05) is 25.5 Å². The first-order valence-electron chi connectivity index (χ1n) is 5.79. The molecule has 5 heteroatoms. The molecule has 0 unspecified atom stereocenters. The van der Waals surface area contributed by atoms with Crippen LogP contribution >= 0.6 is 0 Å². The van der Waals surface area contributed by atoms with Crippen molar-refractivity contribution in [2.45, 2.75) is 26.3 Å². The van der Waals surface area contributed by atoms with E-state index in [1.807, 2.05) is 6.07 Å². The Morgan fingerprint density at radius 3 is 2.71 bits per heavy atom. The SMILES string of the molecule is CC(C)N(C)CCCNc1cnc(C#N)cn1. The number of nitrogens with one attached hydrogen (secondary N) is 1. The highest BCUT2D eigenvalue weighted by atomic mass is 15.1. The predicted octanol–water partition coefficient (Wildman–Crippen LogP) is 1.49. The van der Waals surface area contributed by atoms with E-state index >= 15 is 0 Å². The molecule has 0 aliphatic carbocycles. The largest absolute Gasteiger partial charge is 0.369 e. The van der Waals surface area contributed by atoms with Crippen molar-refractivity contribution in [3.8, 4) is 6.07 Å². The average molecular weight is 233 g/mol. The third kappa shape index (κ3) is 4.79. The molecule has 5 nitrogen and oxygen atoms in total. The monoisotopic (exact) mass is 233 g/mol. The van der Waals surface area contributed by atoms with E-state index in [1.54, 1.807) is 6.20 Å². The van der Waals surface area contributed by atoms with Crippen LogP contribution in [-0.4, -0.2) is 41.0 Å². The van der Waals surface area contributed by atoms with Crippen LogP contribution in [0.2, 0.25) is 0 Å². The van der Waals surface area contributed by atoms with Crippen LogP contribution in [0.15, 0.2) is 12.4 Å². The van der Waals surface area contributed by atoms with E-state index in [1.165, 1.54) is 6.20 Å². The van der Waals surface area contributed by atoms with E-state index in [2.05, 4.69) is 41.1 Å². The number of aromatic nitrogens is 2. The van der Waals surface area contributed by atoms with Crippen LogP contribution in [0.3, 0.4) is 0 Å². The molecule has 0 spiro atoms. The van der Waals surface area contributed by atoms with Crippen LogP contribution in [0.4, 0.5) is 5.82 Å². The molecule has 1 rings (SSSR count). The first kappa shape index (κ1) is 13.4. The average Bonchev–Trinajstić information content (AvgIpc) is 2.35. The lowest BCUT2D eigenvalue weighted by molar-refractivity contribution is 0.273. The maximum Gasteiger partial charge on any atom is 0.158 e. The lowest BCUT2D eigenvalue weighted by atomic mass is 10.3. The first-order valence-corrected chi connectivity index (χ1v) is 5.79. The second kappa shape index (κ2) is 6.81. The molecule has 0 aromatic carbocycles. The number of anilines is 1. The van der Waals surface area contributed by atoms with Crippen molar-refractivity contribution in [3.63, 3.8) is 0 Å². The molecule has 0 saturated carbocycles. The second-order valence-corrected chi connectivity index (χ2v) is 4.25. The number of rotatable bonds is 6. The van der Waals surface area contributed by atoms with E-state index in [4.69, 9.17) is 5.26 Å². The van der Waals surface area contributed by atoms with Crippen molar-refractivity contribution in [2.24, 2.45) is 0 Å². The van der Waals surface area contributed by atoms with E-state index in [9.17, 15) is 0 Å². The third-order valence-electron chi connectivity index (χ3n) is 2.64. The molecule has 1 aromatic heterocycles. The molecule has 0 radical (unpaired) electrons. The van der Waals surface area contributed by atoms with Crippen molar-refractivity contribution in [1.29, 1.82) is 5.26 Å². The molecule has 0 amide bonds. The molecule has 0 atom stereocenters. The molecule has 92 valence electrons. The van der Waals surface area contributed by atoms with Crippen molar-refractivity contribution >= 4 is 5.82 Å². The molecular formula is C12H19N5. The molecule has 0 aliphatic rings. The summed E-state index contributed by atoms with van der Waals surface area (Å²) in [6, 6.07) is 2.51. The zero-order valence-corrected chi connectivity index (χ0v) is 10.6. The Bertz CT molecular complexity index is 365. The summed E-state index contributed by atoms with van der Waals surface area (Å²) in [7, 11) is 2.12. The van der Waals surface area contributed by atoms with E-state index in [0.717, 1.165) is 25.3 Å². The third-order valence-corrected chi connectivity index (χ3v) is 2.64. The molecule has 0 saturated heterocycles. The van der Waals surface area contributed by atoms with Gasteiger partial charge in [-0.1, -0.05) is 0 Å². The Balaban J connectivity index is 2.24. The van der Waals surface area contributed by atoms with Crippen molar-refractivity contribution in [1.82, 2.24) is 14.9 Å². The fourth-order valence-electron chi connectivity index (χ4n) is 1.28. The first-order chi connectivity index (χ1) is 8.13. The van der Waals surface area contributed by atoms with Crippen LogP contribution in [-0.2, 0) is 0 Å². The van der Waals surface area contributed by atoms with Crippen molar-refractivity contribution < 1.29 is 0 Å². The quantitative estimate of drug-likeness (QED) is 0.754. The topological polar surface area (TPSA) is 64.8 Å². The Morgan fingerprint density at radius 1 is 1.41 bits per heavy atom. The van der Waals surface area contributed by atoms with Gasteiger partial charge >= 0.3 is 0 Å². The minimum atomic E-state index is 0.343. The van der Waals surface area contributed by atoms with Gasteiger partial charge in [-0.25, -0.2) is 9.97 Å². The Kier molecular flexibility index (Phi) is 5.37. The second-order valence-electron chi connectivity index (χ2n) is 4.25. The highest BCUT2D eigenvalue weighted by Crippen LogP contribution is 2.01. The van der Waals surface area contributed by atoms with Gasteiger partial charge in [0.1, 0.15) is 11.9 Å². The van der Waals surface area contributed by atoms with Crippen LogP contribution in [0.25, 0.3) is 0 Å². The van der Waals surface area contributed by atoms with Gasteiger partial charge in [-0.05, 0) is 33.9 Å². The van der Waals surface area contributed by atoms with Crippen molar-refractivity contribution in [3.05, 3.63) is 18.1 Å². The lowest BCUT2D eigenvalue weighted by Crippen LogP contribution is -2.28. The fourth-order valence-corrected chi connectivity index (χ4v) is 1.28. The summed E-state index contributed by atoms with van der Waals surface area (Å²) in [6.07, 6.45) is 4.11. The molecule has 0 fully saturated rings. The minimum absolute atomic E-state index is 0.343. The Labute approximate surface area is 102 Å². The van der Waals surface area contributed by atoms with Gasteiger partial charge in [-0.2, -0.15) is 5.26 Å². The van der Waals surface area contributed by atoms with Gasteiger partial charge in [0, 0.05) is 12.6 Å².